The van der Waals surface area contributed by atoms with Crippen LogP contribution in [0.2, 0.25) is 0 Å². The van der Waals surface area contributed by atoms with Crippen LogP contribution < -0.4 is 5.69 Å². The normalized spacial score (nSPS) is 24.1. The quantitative estimate of drug-likeness (QED) is 0.595. The number of nitrogens with zero attached hydrogens (tertiary/aromatic N) is 3. The van der Waals surface area contributed by atoms with Crippen molar-refractivity contribution < 1.29 is 17.9 Å². The lowest BCUT2D eigenvalue weighted by atomic mass is 10.1. The number of carbonyl (C=O) groups excluding carboxylic acids is 1. The lowest BCUT2D eigenvalue weighted by molar-refractivity contribution is -0.130. The molecule has 1 aromatic rings. The summed E-state index contributed by atoms with van der Waals surface area (Å²) in [6.07, 6.45) is 2.36. The molecule has 2 saturated heterocycles. The molecule has 0 bridgehead atoms. The highest BCUT2D eigenvalue weighted by molar-refractivity contribution is 7.99. The Hall–Kier alpha value is -1.33. The van der Waals surface area contributed by atoms with Crippen molar-refractivity contribution in [3.05, 3.63) is 10.5 Å². The van der Waals surface area contributed by atoms with E-state index in [1.807, 2.05) is 13.8 Å². The topological polar surface area (TPSA) is 114 Å². The SMILES string of the molecule is CC(C)CN(C(=O)CSc1n[nH]c(=O)n1CC1CCCO1)C1CCS(=O)(=O)C1. The van der Waals surface area contributed by atoms with Gasteiger partial charge in [-0.2, -0.15) is 0 Å². The zero-order valence-electron chi connectivity index (χ0n) is 16.3. The molecule has 0 saturated carbocycles. The number of rotatable bonds is 8. The van der Waals surface area contributed by atoms with Crippen molar-refractivity contribution >= 4 is 27.5 Å². The van der Waals surface area contributed by atoms with E-state index in [9.17, 15) is 18.0 Å². The third kappa shape index (κ3) is 5.38. The number of amides is 1. The van der Waals surface area contributed by atoms with Gasteiger partial charge in [0.2, 0.25) is 5.91 Å². The fourth-order valence-electron chi connectivity index (χ4n) is 3.64. The van der Waals surface area contributed by atoms with E-state index in [2.05, 4.69) is 10.2 Å². The average Bonchev–Trinajstić information content (AvgIpc) is 3.33. The van der Waals surface area contributed by atoms with Crippen LogP contribution in [0.5, 0.6) is 0 Å². The summed E-state index contributed by atoms with van der Waals surface area (Å²) < 4.78 is 30.8. The van der Waals surface area contributed by atoms with Crippen molar-refractivity contribution in [2.75, 3.05) is 30.4 Å². The fourth-order valence-corrected chi connectivity index (χ4v) is 6.22. The van der Waals surface area contributed by atoms with Gasteiger partial charge >= 0.3 is 5.69 Å². The van der Waals surface area contributed by atoms with Crippen LogP contribution in [0, 0.1) is 5.92 Å². The minimum absolute atomic E-state index is 0.00788. The van der Waals surface area contributed by atoms with Crippen molar-refractivity contribution in [2.45, 2.75) is 57.0 Å². The highest BCUT2D eigenvalue weighted by Crippen LogP contribution is 2.22. The number of hydrogen-bond donors (Lipinski definition) is 1. The Morgan fingerprint density at radius 3 is 2.82 bits per heavy atom. The van der Waals surface area contributed by atoms with Crippen LogP contribution in [0.3, 0.4) is 0 Å². The number of H-pyrrole nitrogens is 1. The zero-order chi connectivity index (χ0) is 20.3. The fraction of sp³-hybridized carbons (Fsp3) is 0.824. The second-order valence-electron chi connectivity index (χ2n) is 7.84. The Labute approximate surface area is 169 Å². The smallest absolute Gasteiger partial charge is 0.344 e. The summed E-state index contributed by atoms with van der Waals surface area (Å²) in [6.45, 7) is 5.64. The van der Waals surface area contributed by atoms with E-state index in [0.29, 0.717) is 31.3 Å². The summed E-state index contributed by atoms with van der Waals surface area (Å²) in [7, 11) is -3.07. The number of aromatic nitrogens is 3. The van der Waals surface area contributed by atoms with Gasteiger partial charge < -0.3 is 9.64 Å². The average molecular weight is 433 g/mol. The van der Waals surface area contributed by atoms with Crippen LogP contribution in [0.1, 0.15) is 33.1 Å². The Balaban J connectivity index is 1.65. The van der Waals surface area contributed by atoms with Crippen molar-refractivity contribution in [3.63, 3.8) is 0 Å². The van der Waals surface area contributed by atoms with E-state index < -0.39 is 9.84 Å². The highest BCUT2D eigenvalue weighted by Gasteiger charge is 2.35. The molecule has 3 rings (SSSR count). The Kier molecular flexibility index (Phi) is 6.87. The minimum Gasteiger partial charge on any atom is -0.376 e. The number of ether oxygens (including phenoxy) is 1. The molecule has 2 aliphatic rings. The maximum absolute atomic E-state index is 12.9. The van der Waals surface area contributed by atoms with E-state index in [-0.39, 0.29) is 46.9 Å². The van der Waals surface area contributed by atoms with E-state index in [0.717, 1.165) is 12.8 Å². The lowest BCUT2D eigenvalue weighted by Gasteiger charge is -2.29. The van der Waals surface area contributed by atoms with Gasteiger partial charge in [-0.15, -0.1) is 5.10 Å². The molecule has 28 heavy (non-hydrogen) atoms. The zero-order valence-corrected chi connectivity index (χ0v) is 17.9. The van der Waals surface area contributed by atoms with Crippen LogP contribution in [-0.4, -0.2) is 76.5 Å². The Morgan fingerprint density at radius 2 is 2.21 bits per heavy atom. The summed E-state index contributed by atoms with van der Waals surface area (Å²) in [6, 6.07) is -0.270. The van der Waals surface area contributed by atoms with Gasteiger partial charge in [-0.1, -0.05) is 25.6 Å². The molecule has 3 heterocycles. The molecule has 0 aliphatic carbocycles. The third-order valence-corrected chi connectivity index (χ3v) is 7.70. The van der Waals surface area contributed by atoms with Crippen LogP contribution in [0.25, 0.3) is 0 Å². The van der Waals surface area contributed by atoms with E-state index in [4.69, 9.17) is 4.74 Å². The first-order valence-electron chi connectivity index (χ1n) is 9.64. The predicted octanol–water partition coefficient (Wildman–Crippen LogP) is 0.514. The van der Waals surface area contributed by atoms with Crippen LogP contribution in [0.4, 0.5) is 0 Å². The number of sulfone groups is 1. The molecule has 2 fully saturated rings. The first-order valence-corrected chi connectivity index (χ1v) is 12.5. The van der Waals surface area contributed by atoms with Crippen LogP contribution >= 0.6 is 11.8 Å². The molecule has 1 amide bonds. The van der Waals surface area contributed by atoms with Gasteiger partial charge in [-0.05, 0) is 25.2 Å². The molecule has 1 N–H and O–H groups in total. The van der Waals surface area contributed by atoms with Crippen molar-refractivity contribution in [1.82, 2.24) is 19.7 Å². The Bertz CT molecular complexity index is 842. The standard InChI is InChI=1S/C17H28N4O5S2/c1-12(2)8-20(13-5-7-28(24,25)11-13)15(22)10-27-17-19-18-16(23)21(17)9-14-4-3-6-26-14/h12-14H,3-11H2,1-2H3,(H,18,23). The molecule has 11 heteroatoms. The maximum Gasteiger partial charge on any atom is 0.344 e. The van der Waals surface area contributed by atoms with E-state index in [1.54, 1.807) is 4.90 Å². The molecule has 0 aromatic carbocycles. The van der Waals surface area contributed by atoms with E-state index >= 15 is 0 Å². The predicted molar refractivity (Wildman–Crippen MR) is 106 cm³/mol. The highest BCUT2D eigenvalue weighted by atomic mass is 32.2. The summed E-state index contributed by atoms with van der Waals surface area (Å²) >= 11 is 1.20. The molecule has 158 valence electrons. The molecule has 1 aromatic heterocycles. The largest absolute Gasteiger partial charge is 0.376 e. The first kappa shape index (κ1) is 21.4. The Morgan fingerprint density at radius 1 is 1.43 bits per heavy atom. The second kappa shape index (κ2) is 9.00. The second-order valence-corrected chi connectivity index (χ2v) is 11.0. The van der Waals surface area contributed by atoms with Crippen molar-refractivity contribution in [2.24, 2.45) is 5.92 Å². The van der Waals surface area contributed by atoms with E-state index in [1.165, 1.54) is 16.3 Å². The summed E-state index contributed by atoms with van der Waals surface area (Å²) in [5.74, 6) is 0.383. The number of aromatic amines is 1. The molecule has 9 nitrogen and oxygen atoms in total. The molecule has 2 atom stereocenters. The van der Waals surface area contributed by atoms with Crippen LogP contribution in [-0.2, 0) is 25.9 Å². The first-order chi connectivity index (χ1) is 13.2. The minimum atomic E-state index is -3.07. The summed E-state index contributed by atoms with van der Waals surface area (Å²) in [5, 5.41) is 6.93. The maximum atomic E-state index is 12.9. The molecular weight excluding hydrogens is 404 g/mol. The van der Waals surface area contributed by atoms with Crippen LogP contribution in [0.15, 0.2) is 9.95 Å². The third-order valence-electron chi connectivity index (χ3n) is 4.99. The molecular formula is C17H28N4O5S2. The number of nitrogens with one attached hydrogen (secondary N) is 1. The molecule has 2 unspecified atom stereocenters. The van der Waals surface area contributed by atoms with Gasteiger partial charge in [-0.3, -0.25) is 9.36 Å². The van der Waals surface area contributed by atoms with Crippen molar-refractivity contribution in [3.8, 4) is 0 Å². The van der Waals surface area contributed by atoms with Gasteiger partial charge in [0.15, 0.2) is 15.0 Å². The summed E-state index contributed by atoms with van der Waals surface area (Å²) in [5.41, 5.74) is -0.314. The number of hydrogen-bond acceptors (Lipinski definition) is 7. The monoisotopic (exact) mass is 432 g/mol. The van der Waals surface area contributed by atoms with Gasteiger partial charge in [0.05, 0.1) is 29.9 Å². The molecule has 2 aliphatic heterocycles. The molecule has 0 radical (unpaired) electrons. The van der Waals surface area contributed by atoms with Gasteiger partial charge in [0.1, 0.15) is 0 Å². The summed E-state index contributed by atoms with van der Waals surface area (Å²) in [4.78, 5) is 26.6. The van der Waals surface area contributed by atoms with Gasteiger partial charge in [0, 0.05) is 19.2 Å². The number of thioether (sulfide) groups is 1. The van der Waals surface area contributed by atoms with Gasteiger partial charge in [-0.25, -0.2) is 18.3 Å². The van der Waals surface area contributed by atoms with Crippen molar-refractivity contribution in [1.29, 1.82) is 0 Å². The lowest BCUT2D eigenvalue weighted by Crippen LogP contribution is -2.44. The number of carbonyl (C=O) groups is 1. The van der Waals surface area contributed by atoms with Gasteiger partial charge in [0.25, 0.3) is 0 Å². The molecule has 0 spiro atoms.